The maximum atomic E-state index is 13.1. The average Bonchev–Trinajstić information content (AvgIpc) is 3.17. The highest BCUT2D eigenvalue weighted by Crippen LogP contribution is 2.29. The van der Waals surface area contributed by atoms with Gasteiger partial charge >= 0.3 is 0 Å². The van der Waals surface area contributed by atoms with Gasteiger partial charge in [0.15, 0.2) is 0 Å². The molecule has 1 aliphatic rings. The molecule has 0 unspecified atom stereocenters. The zero-order valence-electron chi connectivity index (χ0n) is 9.70. The normalized spacial score (nSPS) is 14.1. The minimum absolute atomic E-state index is 0.131. The Kier molecular flexibility index (Phi) is 3.97. The van der Waals surface area contributed by atoms with Gasteiger partial charge in [0, 0.05) is 18.2 Å². The van der Waals surface area contributed by atoms with Crippen LogP contribution in [0.5, 0.6) is 0 Å². The summed E-state index contributed by atoms with van der Waals surface area (Å²) >= 11 is 3.07. The molecule has 0 aliphatic heterocycles. The van der Waals surface area contributed by atoms with Crippen molar-refractivity contribution in [2.24, 2.45) is 0 Å². The number of carbonyl (C=O) groups excluding carboxylic acids is 1. The lowest BCUT2D eigenvalue weighted by Gasteiger charge is -2.21. The summed E-state index contributed by atoms with van der Waals surface area (Å²) in [6.45, 7) is 0.439. The van der Waals surface area contributed by atoms with E-state index in [1.54, 1.807) is 4.90 Å². The highest BCUT2D eigenvalue weighted by molar-refractivity contribution is 9.10. The first kappa shape index (κ1) is 13.0. The van der Waals surface area contributed by atoms with Crippen molar-refractivity contribution in [2.45, 2.75) is 25.3 Å². The summed E-state index contributed by atoms with van der Waals surface area (Å²) in [5, 5.41) is 8.61. The van der Waals surface area contributed by atoms with Crippen molar-refractivity contribution in [2.75, 3.05) is 6.54 Å². The Labute approximate surface area is 113 Å². The molecule has 1 saturated carbocycles. The molecule has 0 saturated heterocycles. The summed E-state index contributed by atoms with van der Waals surface area (Å²) in [4.78, 5) is 14.0. The van der Waals surface area contributed by atoms with Crippen LogP contribution in [0.1, 0.15) is 29.6 Å². The van der Waals surface area contributed by atoms with Gasteiger partial charge in [-0.1, -0.05) is 0 Å². The summed E-state index contributed by atoms with van der Waals surface area (Å²) in [5.41, 5.74) is 0.452. The summed E-state index contributed by atoms with van der Waals surface area (Å²) < 4.78 is 13.4. The topological polar surface area (TPSA) is 44.1 Å². The van der Waals surface area contributed by atoms with Crippen LogP contribution in [0, 0.1) is 17.1 Å². The third kappa shape index (κ3) is 2.88. The van der Waals surface area contributed by atoms with Crippen molar-refractivity contribution in [1.29, 1.82) is 5.26 Å². The Morgan fingerprint density at radius 2 is 2.28 bits per heavy atom. The Morgan fingerprint density at radius 3 is 2.83 bits per heavy atom. The van der Waals surface area contributed by atoms with Crippen LogP contribution in [0.4, 0.5) is 4.39 Å². The second kappa shape index (κ2) is 5.49. The number of hydrogen-bond donors (Lipinski definition) is 0. The first-order chi connectivity index (χ1) is 8.63. The molecule has 0 spiro atoms. The standard InChI is InChI=1S/C13H12BrFN2O/c14-11-8-9(2-5-12(11)15)13(18)17(7-1-6-16)10-3-4-10/h2,5,8,10H,1,3-4,7H2. The number of benzene rings is 1. The first-order valence-electron chi connectivity index (χ1n) is 5.76. The molecule has 1 aromatic rings. The van der Waals surface area contributed by atoms with Gasteiger partial charge in [0.25, 0.3) is 5.91 Å². The summed E-state index contributed by atoms with van der Waals surface area (Å²) in [6, 6.07) is 6.52. The number of nitrogens with zero attached hydrogens (tertiary/aromatic N) is 2. The van der Waals surface area contributed by atoms with E-state index in [0.717, 1.165) is 12.8 Å². The van der Waals surface area contributed by atoms with E-state index < -0.39 is 0 Å². The van der Waals surface area contributed by atoms with E-state index in [1.807, 2.05) is 6.07 Å². The maximum absolute atomic E-state index is 13.1. The third-order valence-electron chi connectivity index (χ3n) is 2.88. The van der Waals surface area contributed by atoms with E-state index in [4.69, 9.17) is 5.26 Å². The van der Waals surface area contributed by atoms with Crippen LogP contribution in [0.25, 0.3) is 0 Å². The van der Waals surface area contributed by atoms with Crippen molar-refractivity contribution in [3.63, 3.8) is 0 Å². The van der Waals surface area contributed by atoms with Crippen LogP contribution in [-0.2, 0) is 0 Å². The smallest absolute Gasteiger partial charge is 0.254 e. The van der Waals surface area contributed by atoms with Crippen LogP contribution in [0.2, 0.25) is 0 Å². The molecule has 2 rings (SSSR count). The third-order valence-corrected chi connectivity index (χ3v) is 3.49. The summed E-state index contributed by atoms with van der Waals surface area (Å²) in [5.74, 6) is -0.519. The largest absolute Gasteiger partial charge is 0.335 e. The molecule has 94 valence electrons. The average molecular weight is 311 g/mol. The van der Waals surface area contributed by atoms with Crippen molar-refractivity contribution in [3.8, 4) is 6.07 Å². The van der Waals surface area contributed by atoms with Gasteiger partial charge in [0.1, 0.15) is 5.82 Å². The fourth-order valence-corrected chi connectivity index (χ4v) is 2.18. The minimum atomic E-state index is -0.387. The van der Waals surface area contributed by atoms with E-state index >= 15 is 0 Å². The monoisotopic (exact) mass is 310 g/mol. The molecule has 1 amide bonds. The number of rotatable bonds is 4. The van der Waals surface area contributed by atoms with E-state index in [0.29, 0.717) is 18.5 Å². The van der Waals surface area contributed by atoms with Crippen LogP contribution in [0.3, 0.4) is 0 Å². The zero-order valence-corrected chi connectivity index (χ0v) is 11.3. The zero-order chi connectivity index (χ0) is 13.1. The highest BCUT2D eigenvalue weighted by Gasteiger charge is 2.32. The Morgan fingerprint density at radius 1 is 1.56 bits per heavy atom. The fourth-order valence-electron chi connectivity index (χ4n) is 1.80. The second-order valence-electron chi connectivity index (χ2n) is 4.27. The Balaban J connectivity index is 2.17. The molecule has 3 nitrogen and oxygen atoms in total. The molecule has 5 heteroatoms. The van der Waals surface area contributed by atoms with Gasteiger partial charge < -0.3 is 4.90 Å². The minimum Gasteiger partial charge on any atom is -0.335 e. The van der Waals surface area contributed by atoms with Gasteiger partial charge in [-0.05, 0) is 47.0 Å². The predicted octanol–water partition coefficient (Wildman–Crippen LogP) is 3.11. The summed E-state index contributed by atoms with van der Waals surface area (Å²) in [7, 11) is 0. The predicted molar refractivity (Wildman–Crippen MR) is 68.4 cm³/mol. The number of amides is 1. The quantitative estimate of drug-likeness (QED) is 0.857. The molecular weight excluding hydrogens is 299 g/mol. The van der Waals surface area contributed by atoms with E-state index in [1.165, 1.54) is 18.2 Å². The number of hydrogen-bond acceptors (Lipinski definition) is 2. The van der Waals surface area contributed by atoms with Crippen LogP contribution >= 0.6 is 15.9 Å². The molecule has 1 aliphatic carbocycles. The molecule has 1 aromatic carbocycles. The lowest BCUT2D eigenvalue weighted by atomic mass is 10.2. The van der Waals surface area contributed by atoms with E-state index in [2.05, 4.69) is 15.9 Å². The number of halogens is 2. The molecule has 1 fully saturated rings. The van der Waals surface area contributed by atoms with Gasteiger partial charge in [-0.3, -0.25) is 4.79 Å². The molecule has 0 bridgehead atoms. The Bertz CT molecular complexity index is 508. The van der Waals surface area contributed by atoms with Gasteiger partial charge in [-0.15, -0.1) is 0 Å². The maximum Gasteiger partial charge on any atom is 0.254 e. The molecule has 0 atom stereocenters. The highest BCUT2D eigenvalue weighted by atomic mass is 79.9. The first-order valence-corrected chi connectivity index (χ1v) is 6.55. The van der Waals surface area contributed by atoms with Crippen molar-refractivity contribution < 1.29 is 9.18 Å². The molecule has 18 heavy (non-hydrogen) atoms. The SMILES string of the molecule is N#CCCN(C(=O)c1ccc(F)c(Br)c1)C1CC1. The van der Waals surface area contributed by atoms with Gasteiger partial charge in [-0.25, -0.2) is 4.39 Å². The van der Waals surface area contributed by atoms with Crippen molar-refractivity contribution in [3.05, 3.63) is 34.1 Å². The molecule has 0 aromatic heterocycles. The van der Waals surface area contributed by atoms with Gasteiger partial charge in [-0.2, -0.15) is 5.26 Å². The molecule has 0 heterocycles. The van der Waals surface area contributed by atoms with Crippen LogP contribution in [0.15, 0.2) is 22.7 Å². The Hall–Kier alpha value is -1.41. The molecule has 0 N–H and O–H groups in total. The van der Waals surface area contributed by atoms with E-state index in [9.17, 15) is 9.18 Å². The van der Waals surface area contributed by atoms with E-state index in [-0.39, 0.29) is 22.2 Å². The number of nitriles is 1. The number of carbonyl (C=O) groups is 1. The molecule has 0 radical (unpaired) electrons. The van der Waals surface area contributed by atoms with Gasteiger partial charge in [0.2, 0.25) is 0 Å². The van der Waals surface area contributed by atoms with Crippen molar-refractivity contribution in [1.82, 2.24) is 4.90 Å². The van der Waals surface area contributed by atoms with Crippen LogP contribution in [-0.4, -0.2) is 23.4 Å². The second-order valence-corrected chi connectivity index (χ2v) is 5.12. The van der Waals surface area contributed by atoms with Crippen LogP contribution < -0.4 is 0 Å². The lowest BCUT2D eigenvalue weighted by molar-refractivity contribution is 0.0746. The lowest BCUT2D eigenvalue weighted by Crippen LogP contribution is -2.33. The fraction of sp³-hybridized carbons (Fsp3) is 0.385. The molecular formula is C13H12BrFN2O. The van der Waals surface area contributed by atoms with Gasteiger partial charge in [0.05, 0.1) is 17.0 Å². The summed E-state index contributed by atoms with van der Waals surface area (Å²) in [6.07, 6.45) is 2.30. The van der Waals surface area contributed by atoms with Crippen molar-refractivity contribution >= 4 is 21.8 Å².